The van der Waals surface area contributed by atoms with Crippen LogP contribution in [-0.4, -0.2) is 40.5 Å². The van der Waals surface area contributed by atoms with Crippen LogP contribution >= 0.6 is 0 Å². The highest BCUT2D eigenvalue weighted by Gasteiger charge is 1.81. The smallest absolute Gasteiger partial charge is 0.317 e. The third-order valence-corrected chi connectivity index (χ3v) is 0.175. The fourth-order valence-corrected chi connectivity index (χ4v) is 0. The summed E-state index contributed by atoms with van der Waals surface area (Å²) in [6.45, 7) is -0.278. The van der Waals surface area contributed by atoms with E-state index >= 15 is 0 Å². The van der Waals surface area contributed by atoms with Crippen molar-refractivity contribution in [3.8, 4) is 0 Å². The molecule has 0 aromatic heterocycles. The molecule has 0 aromatic rings. The van der Waals surface area contributed by atoms with Gasteiger partial charge in [-0.05, 0) is 0 Å². The number of rotatable bonds is 1. The molecule has 0 amide bonds. The lowest BCUT2D eigenvalue weighted by Crippen LogP contribution is -2.10. The lowest BCUT2D eigenvalue weighted by Gasteiger charge is -1.73. The van der Waals surface area contributed by atoms with Gasteiger partial charge in [-0.1, -0.05) is 0 Å². The monoisotopic (exact) mass is 123 g/mol. The van der Waals surface area contributed by atoms with Gasteiger partial charge in [0.2, 0.25) is 0 Å². The van der Waals surface area contributed by atoms with E-state index in [2.05, 4.69) is 5.73 Å². The lowest BCUT2D eigenvalue weighted by atomic mass is 10.7. The summed E-state index contributed by atoms with van der Waals surface area (Å²) in [7, 11) is 0. The molecule has 0 aromatic carbocycles. The highest BCUT2D eigenvalue weighted by molar-refractivity contribution is 5.75. The first kappa shape index (κ1) is 15.8. The minimum absolute atomic E-state index is 0. The fraction of sp³-hybridized carbons (Fsp3) is 0.500. The molecule has 0 saturated heterocycles. The first-order valence-corrected chi connectivity index (χ1v) is 1.19. The second-order valence-corrected chi connectivity index (χ2v) is 0.598. The SMILES string of the molecule is NCC(=O)O.O.[AlH3]. The zero-order valence-electron chi connectivity index (χ0n) is 3.14. The highest BCUT2D eigenvalue weighted by Crippen LogP contribution is 1.43. The summed E-state index contributed by atoms with van der Waals surface area (Å²) < 4.78 is 0. The van der Waals surface area contributed by atoms with Crippen molar-refractivity contribution in [2.24, 2.45) is 5.73 Å². The van der Waals surface area contributed by atoms with Crippen LogP contribution in [0.2, 0.25) is 0 Å². The van der Waals surface area contributed by atoms with Crippen molar-refractivity contribution in [2.45, 2.75) is 0 Å². The molecule has 5 N–H and O–H groups in total. The van der Waals surface area contributed by atoms with Gasteiger partial charge in [0.1, 0.15) is 0 Å². The van der Waals surface area contributed by atoms with Crippen LogP contribution in [-0.2, 0) is 4.79 Å². The minimum Gasteiger partial charge on any atom is -0.480 e. The van der Waals surface area contributed by atoms with Gasteiger partial charge in [0, 0.05) is 0 Å². The first-order chi connectivity index (χ1) is 2.27. The van der Waals surface area contributed by atoms with Gasteiger partial charge in [0.05, 0.1) is 6.54 Å². The van der Waals surface area contributed by atoms with E-state index in [-0.39, 0.29) is 29.4 Å². The van der Waals surface area contributed by atoms with Crippen LogP contribution in [0.15, 0.2) is 0 Å². The topological polar surface area (TPSA) is 94.8 Å². The van der Waals surface area contributed by atoms with Gasteiger partial charge in [-0.25, -0.2) is 0 Å². The van der Waals surface area contributed by atoms with Crippen molar-refractivity contribution in [1.29, 1.82) is 0 Å². The molecule has 5 heteroatoms. The van der Waals surface area contributed by atoms with Crippen molar-refractivity contribution < 1.29 is 15.4 Å². The molecule has 0 rings (SSSR count). The number of hydrogen-bond acceptors (Lipinski definition) is 2. The van der Waals surface area contributed by atoms with Crippen molar-refractivity contribution in [3.05, 3.63) is 0 Å². The maximum absolute atomic E-state index is 9.24. The van der Waals surface area contributed by atoms with Crippen LogP contribution in [0.25, 0.3) is 0 Å². The van der Waals surface area contributed by atoms with Gasteiger partial charge in [-0.2, -0.15) is 0 Å². The maximum Gasteiger partial charge on any atom is 0.317 e. The summed E-state index contributed by atoms with van der Waals surface area (Å²) in [4.78, 5) is 9.24. The van der Waals surface area contributed by atoms with Crippen LogP contribution in [0.5, 0.6) is 0 Å². The Labute approximate surface area is 51.8 Å². The van der Waals surface area contributed by atoms with E-state index in [1.807, 2.05) is 0 Å². The Morgan fingerprint density at radius 1 is 1.71 bits per heavy atom. The molecule has 44 valence electrons. The van der Waals surface area contributed by atoms with Crippen LogP contribution < -0.4 is 5.73 Å². The average molecular weight is 123 g/mol. The molecule has 0 aliphatic carbocycles. The van der Waals surface area contributed by atoms with Gasteiger partial charge in [-0.15, -0.1) is 0 Å². The molecule has 0 fully saturated rings. The molecule has 0 aliphatic heterocycles. The van der Waals surface area contributed by atoms with Crippen LogP contribution in [0.1, 0.15) is 0 Å². The number of carboxylic acid groups (broad SMARTS) is 1. The lowest BCUT2D eigenvalue weighted by molar-refractivity contribution is -0.135. The predicted octanol–water partition coefficient (Wildman–Crippen LogP) is -2.98. The molecular formula is C2H10AlNO3. The van der Waals surface area contributed by atoms with E-state index in [0.717, 1.165) is 0 Å². The van der Waals surface area contributed by atoms with Crippen molar-refractivity contribution in [3.63, 3.8) is 0 Å². The summed E-state index contributed by atoms with van der Waals surface area (Å²) in [5.74, 6) is -0.968. The van der Waals surface area contributed by atoms with E-state index in [9.17, 15) is 4.79 Å². The maximum atomic E-state index is 9.24. The first-order valence-electron chi connectivity index (χ1n) is 1.19. The summed E-state index contributed by atoms with van der Waals surface area (Å²) in [6, 6.07) is 0. The highest BCUT2D eigenvalue weighted by atomic mass is 27.0. The largest absolute Gasteiger partial charge is 0.480 e. The summed E-state index contributed by atoms with van der Waals surface area (Å²) in [5, 5.41) is 7.60. The Morgan fingerprint density at radius 3 is 1.86 bits per heavy atom. The second kappa shape index (κ2) is 9.33. The quantitative estimate of drug-likeness (QED) is 0.364. The Balaban J connectivity index is -0.0000000800. The normalized spacial score (nSPS) is 5.29. The second-order valence-electron chi connectivity index (χ2n) is 0.598. The zero-order chi connectivity index (χ0) is 4.28. The number of hydrogen-bond donors (Lipinski definition) is 2. The molecule has 0 spiro atoms. The molecule has 0 saturated carbocycles. The van der Waals surface area contributed by atoms with E-state index in [0.29, 0.717) is 0 Å². The standard InChI is InChI=1S/C2H5NO2.Al.H2O.3H/c3-1-2(4)5;;;;;/h1,3H2,(H,4,5);;1H2;;;. The molecule has 0 radical (unpaired) electrons. The van der Waals surface area contributed by atoms with Gasteiger partial charge in [0.25, 0.3) is 0 Å². The van der Waals surface area contributed by atoms with E-state index < -0.39 is 5.97 Å². The Hall–Kier alpha value is -0.0775. The number of nitrogens with two attached hydrogens (primary N) is 1. The number of carboxylic acids is 1. The molecule has 7 heavy (non-hydrogen) atoms. The zero-order valence-corrected chi connectivity index (χ0v) is 3.14. The summed E-state index contributed by atoms with van der Waals surface area (Å²) in [5.41, 5.74) is 4.57. The van der Waals surface area contributed by atoms with E-state index in [4.69, 9.17) is 5.11 Å². The van der Waals surface area contributed by atoms with E-state index in [1.165, 1.54) is 0 Å². The van der Waals surface area contributed by atoms with Crippen molar-refractivity contribution >= 4 is 23.3 Å². The number of carbonyl (C=O) groups is 1. The minimum atomic E-state index is -0.968. The third-order valence-electron chi connectivity index (χ3n) is 0.175. The van der Waals surface area contributed by atoms with Crippen molar-refractivity contribution in [2.75, 3.05) is 6.54 Å². The molecule has 0 heterocycles. The average Bonchev–Trinajstić information content (AvgIpc) is 1.38. The molecule has 0 atom stereocenters. The Bertz CT molecular complexity index is 48.2. The Kier molecular flexibility index (Phi) is 21.0. The molecule has 4 nitrogen and oxygen atoms in total. The molecular weight excluding hydrogens is 113 g/mol. The van der Waals surface area contributed by atoms with Gasteiger partial charge < -0.3 is 16.3 Å². The van der Waals surface area contributed by atoms with Gasteiger partial charge >= 0.3 is 5.97 Å². The Morgan fingerprint density at radius 2 is 1.86 bits per heavy atom. The van der Waals surface area contributed by atoms with Gasteiger partial charge in [-0.3, -0.25) is 4.79 Å². The number of aliphatic carboxylic acids is 1. The molecule has 0 unspecified atom stereocenters. The summed E-state index contributed by atoms with van der Waals surface area (Å²) in [6.07, 6.45) is 0. The molecule has 0 aliphatic rings. The fourth-order valence-electron chi connectivity index (χ4n) is 0. The van der Waals surface area contributed by atoms with Crippen LogP contribution in [0.3, 0.4) is 0 Å². The predicted molar refractivity (Wildman–Crippen MR) is 30.2 cm³/mol. The van der Waals surface area contributed by atoms with Crippen LogP contribution in [0.4, 0.5) is 0 Å². The third kappa shape index (κ3) is 24.7. The van der Waals surface area contributed by atoms with Crippen LogP contribution in [0, 0.1) is 0 Å². The van der Waals surface area contributed by atoms with Crippen molar-refractivity contribution in [1.82, 2.24) is 0 Å². The molecule has 0 bridgehead atoms. The van der Waals surface area contributed by atoms with Gasteiger partial charge in [0.15, 0.2) is 17.4 Å². The van der Waals surface area contributed by atoms with E-state index in [1.54, 1.807) is 0 Å². The summed E-state index contributed by atoms with van der Waals surface area (Å²) >= 11 is 0.